The van der Waals surface area contributed by atoms with Crippen molar-refractivity contribution in [2.75, 3.05) is 18.0 Å². The lowest BCUT2D eigenvalue weighted by atomic mass is 10.1. The van der Waals surface area contributed by atoms with Gasteiger partial charge in [-0.05, 0) is 38.1 Å². The fraction of sp³-hybridized carbons (Fsp3) is 0.250. The van der Waals surface area contributed by atoms with E-state index in [0.29, 0.717) is 5.56 Å². The second-order valence-corrected chi connectivity index (χ2v) is 6.03. The maximum Gasteiger partial charge on any atom is 0.300 e. The van der Waals surface area contributed by atoms with Crippen molar-refractivity contribution in [3.63, 3.8) is 0 Å². The molecular formula is C20H25N5O3. The molecule has 0 saturated carbocycles. The van der Waals surface area contributed by atoms with Gasteiger partial charge in [0.15, 0.2) is 5.84 Å². The van der Waals surface area contributed by atoms with E-state index in [1.54, 1.807) is 12.3 Å². The Morgan fingerprint density at radius 3 is 2.29 bits per heavy atom. The van der Waals surface area contributed by atoms with Gasteiger partial charge in [-0.2, -0.15) is 0 Å². The Labute approximate surface area is 163 Å². The lowest BCUT2D eigenvalue weighted by molar-refractivity contribution is -0.134. The fourth-order valence-corrected chi connectivity index (χ4v) is 2.77. The number of nitrogens with zero attached hydrogens (tertiary/aromatic N) is 4. The van der Waals surface area contributed by atoms with Crippen molar-refractivity contribution < 1.29 is 15.1 Å². The summed E-state index contributed by atoms with van der Waals surface area (Å²) in [6.07, 6.45) is 3.74. The van der Waals surface area contributed by atoms with Crippen molar-refractivity contribution in [1.82, 2.24) is 9.38 Å². The molecule has 148 valence electrons. The Hall–Kier alpha value is -3.55. The van der Waals surface area contributed by atoms with Gasteiger partial charge in [0.05, 0.1) is 5.69 Å². The Kier molecular flexibility index (Phi) is 6.97. The van der Waals surface area contributed by atoms with Gasteiger partial charge in [0, 0.05) is 49.2 Å². The zero-order valence-corrected chi connectivity index (χ0v) is 16.2. The molecule has 28 heavy (non-hydrogen) atoms. The number of hydrogen-bond donors (Lipinski definition) is 3. The number of oxime groups is 1. The smallest absolute Gasteiger partial charge is 0.300 e. The van der Waals surface area contributed by atoms with Crippen molar-refractivity contribution in [2.24, 2.45) is 10.9 Å². The zero-order valence-electron chi connectivity index (χ0n) is 16.2. The second-order valence-electron chi connectivity index (χ2n) is 6.03. The number of aromatic nitrogens is 2. The van der Waals surface area contributed by atoms with Gasteiger partial charge in [0.25, 0.3) is 5.97 Å². The molecule has 8 heteroatoms. The van der Waals surface area contributed by atoms with E-state index in [9.17, 15) is 0 Å². The van der Waals surface area contributed by atoms with Gasteiger partial charge in [0.2, 0.25) is 0 Å². The number of amidine groups is 1. The van der Waals surface area contributed by atoms with E-state index in [4.69, 9.17) is 20.8 Å². The minimum Gasteiger partial charge on any atom is -0.481 e. The van der Waals surface area contributed by atoms with Crippen LogP contribution in [0, 0.1) is 0 Å². The molecular weight excluding hydrogens is 358 g/mol. The standard InChI is InChI=1S/C18H21N5O.C2H4O2/c1-3-22(4-2)15-8-5-13(6-9-15)16-12-23-11-14(18(19)21-24)7-10-17(23)20-16;1-2(3)4/h5-12,24H,3-4H2,1-2H3,(H2,19,21);1H3,(H,3,4). The molecule has 2 aromatic heterocycles. The van der Waals surface area contributed by atoms with Gasteiger partial charge in [-0.15, -0.1) is 0 Å². The Morgan fingerprint density at radius 1 is 1.14 bits per heavy atom. The molecule has 3 aromatic rings. The van der Waals surface area contributed by atoms with Gasteiger partial charge in [0.1, 0.15) is 5.65 Å². The average molecular weight is 383 g/mol. The van der Waals surface area contributed by atoms with Crippen molar-refractivity contribution >= 4 is 23.1 Å². The first-order valence-electron chi connectivity index (χ1n) is 8.91. The highest BCUT2D eigenvalue weighted by Crippen LogP contribution is 2.23. The van der Waals surface area contributed by atoms with Crippen LogP contribution in [0.5, 0.6) is 0 Å². The molecule has 0 aliphatic rings. The number of rotatable bonds is 5. The molecule has 8 nitrogen and oxygen atoms in total. The molecule has 0 fully saturated rings. The minimum atomic E-state index is -0.833. The number of carbonyl (C=O) groups is 1. The zero-order chi connectivity index (χ0) is 20.7. The quantitative estimate of drug-likeness (QED) is 0.270. The van der Waals surface area contributed by atoms with Gasteiger partial charge < -0.3 is 25.3 Å². The summed E-state index contributed by atoms with van der Waals surface area (Å²) in [5.74, 6) is -0.754. The number of fused-ring (bicyclic) bond motifs is 1. The monoisotopic (exact) mass is 383 g/mol. The second kappa shape index (κ2) is 9.40. The van der Waals surface area contributed by atoms with Crippen molar-refractivity contribution in [3.8, 4) is 11.3 Å². The molecule has 0 aliphatic heterocycles. The van der Waals surface area contributed by atoms with E-state index in [-0.39, 0.29) is 5.84 Å². The number of hydrogen-bond acceptors (Lipinski definition) is 5. The first-order chi connectivity index (χ1) is 13.4. The number of nitrogens with two attached hydrogens (primary N) is 1. The van der Waals surface area contributed by atoms with Crippen LogP contribution in [0.4, 0.5) is 5.69 Å². The fourth-order valence-electron chi connectivity index (χ4n) is 2.77. The third-order valence-electron chi connectivity index (χ3n) is 4.15. The van der Waals surface area contributed by atoms with E-state index < -0.39 is 5.97 Å². The summed E-state index contributed by atoms with van der Waals surface area (Å²) in [5.41, 5.74) is 10.2. The van der Waals surface area contributed by atoms with E-state index in [2.05, 4.69) is 53.2 Å². The molecule has 0 saturated heterocycles. The predicted octanol–water partition coefficient (Wildman–Crippen LogP) is 3.03. The van der Waals surface area contributed by atoms with E-state index in [1.807, 2.05) is 16.7 Å². The van der Waals surface area contributed by atoms with Crippen LogP contribution in [0.3, 0.4) is 0 Å². The van der Waals surface area contributed by atoms with Crippen molar-refractivity contribution in [2.45, 2.75) is 20.8 Å². The molecule has 2 heterocycles. The van der Waals surface area contributed by atoms with Gasteiger partial charge in [-0.3, -0.25) is 4.79 Å². The van der Waals surface area contributed by atoms with E-state index in [1.165, 1.54) is 5.69 Å². The summed E-state index contributed by atoms with van der Waals surface area (Å²) in [7, 11) is 0. The van der Waals surface area contributed by atoms with Crippen LogP contribution < -0.4 is 10.6 Å². The number of carboxylic acids is 1. The minimum absolute atomic E-state index is 0.0794. The average Bonchev–Trinajstić information content (AvgIpc) is 3.11. The van der Waals surface area contributed by atoms with Gasteiger partial charge >= 0.3 is 0 Å². The summed E-state index contributed by atoms with van der Waals surface area (Å²) in [5, 5.41) is 19.2. The van der Waals surface area contributed by atoms with Crippen molar-refractivity contribution in [3.05, 3.63) is 54.4 Å². The molecule has 0 bridgehead atoms. The maximum atomic E-state index is 9.00. The highest BCUT2D eigenvalue weighted by molar-refractivity contribution is 5.97. The third kappa shape index (κ3) is 5.00. The SMILES string of the molecule is CC(=O)O.CCN(CC)c1ccc(-c2cn3cc(/C(N)=N\O)ccc3n2)cc1. The van der Waals surface area contributed by atoms with Crippen LogP contribution in [0.1, 0.15) is 26.3 Å². The Bertz CT molecular complexity index is 956. The topological polar surface area (TPSA) is 116 Å². The van der Waals surface area contributed by atoms with E-state index in [0.717, 1.165) is 36.9 Å². The van der Waals surface area contributed by atoms with Gasteiger partial charge in [-0.25, -0.2) is 4.98 Å². The molecule has 0 spiro atoms. The molecule has 0 amide bonds. The largest absolute Gasteiger partial charge is 0.481 e. The summed E-state index contributed by atoms with van der Waals surface area (Å²) in [6, 6.07) is 12.0. The maximum absolute atomic E-state index is 9.00. The van der Waals surface area contributed by atoms with Crippen LogP contribution >= 0.6 is 0 Å². The number of aliphatic carboxylic acids is 1. The summed E-state index contributed by atoms with van der Waals surface area (Å²) in [6.45, 7) is 7.36. The lowest BCUT2D eigenvalue weighted by Gasteiger charge is -2.20. The Morgan fingerprint density at radius 2 is 1.75 bits per heavy atom. The summed E-state index contributed by atoms with van der Waals surface area (Å²) >= 11 is 0. The molecule has 0 unspecified atom stereocenters. The van der Waals surface area contributed by atoms with Crippen LogP contribution in [-0.2, 0) is 4.79 Å². The first-order valence-corrected chi connectivity index (χ1v) is 8.91. The van der Waals surface area contributed by atoms with Gasteiger partial charge in [-0.1, -0.05) is 17.3 Å². The number of anilines is 1. The Balaban J connectivity index is 0.000000640. The number of pyridine rings is 1. The summed E-state index contributed by atoms with van der Waals surface area (Å²) in [4.78, 5) is 15.9. The summed E-state index contributed by atoms with van der Waals surface area (Å²) < 4.78 is 1.88. The molecule has 0 atom stereocenters. The first kappa shape index (κ1) is 20.8. The molecule has 4 N–H and O–H groups in total. The normalized spacial score (nSPS) is 11.0. The molecule has 1 aromatic carbocycles. The van der Waals surface area contributed by atoms with Crippen LogP contribution in [0.25, 0.3) is 16.9 Å². The van der Waals surface area contributed by atoms with Crippen molar-refractivity contribution in [1.29, 1.82) is 0 Å². The molecule has 0 aliphatic carbocycles. The highest BCUT2D eigenvalue weighted by Gasteiger charge is 2.08. The third-order valence-corrected chi connectivity index (χ3v) is 4.15. The van der Waals surface area contributed by atoms with Crippen LogP contribution in [-0.4, -0.2) is 44.6 Å². The van der Waals surface area contributed by atoms with E-state index >= 15 is 0 Å². The number of carboxylic acid groups (broad SMARTS) is 1. The van der Waals surface area contributed by atoms with Crippen LogP contribution in [0.15, 0.2) is 53.9 Å². The number of benzene rings is 1. The lowest BCUT2D eigenvalue weighted by Crippen LogP contribution is -2.21. The predicted molar refractivity (Wildman–Crippen MR) is 110 cm³/mol. The molecule has 0 radical (unpaired) electrons. The number of imidazole rings is 1. The molecule has 3 rings (SSSR count). The highest BCUT2D eigenvalue weighted by atomic mass is 16.4. The van der Waals surface area contributed by atoms with Crippen LogP contribution in [0.2, 0.25) is 0 Å².